The fourth-order valence-corrected chi connectivity index (χ4v) is 10.8. The molecule has 4 amide bonds. The first-order valence-corrected chi connectivity index (χ1v) is 21.8. The van der Waals surface area contributed by atoms with Gasteiger partial charge < -0.3 is 40.2 Å². The third-order valence-corrected chi connectivity index (χ3v) is 13.7. The van der Waals surface area contributed by atoms with E-state index in [9.17, 15) is 24.3 Å². The molecule has 308 valence electrons. The maximum Gasteiger partial charge on any atom is 0.407 e. The van der Waals surface area contributed by atoms with Crippen LogP contribution in [0.15, 0.2) is 59.4 Å². The van der Waals surface area contributed by atoms with Crippen LogP contribution in [-0.4, -0.2) is 91.1 Å². The number of nitrogens with zero attached hydrogens (tertiary/aromatic N) is 4. The lowest BCUT2D eigenvalue weighted by molar-refractivity contribution is -0.136. The topological polar surface area (TPSA) is 186 Å². The van der Waals surface area contributed by atoms with E-state index in [0.29, 0.717) is 18.9 Å². The van der Waals surface area contributed by atoms with Crippen LogP contribution in [0.5, 0.6) is 0 Å². The normalized spacial score (nSPS) is 17.9. The predicted molar refractivity (Wildman–Crippen MR) is 229 cm³/mol. The second-order valence-electron chi connectivity index (χ2n) is 16.0. The van der Waals surface area contributed by atoms with Crippen molar-refractivity contribution in [3.8, 4) is 33.5 Å². The largest absolute Gasteiger partial charge is 0.465 e. The van der Waals surface area contributed by atoms with Gasteiger partial charge in [-0.15, -0.1) is 22.7 Å². The molecule has 2 saturated heterocycles. The first-order valence-electron chi connectivity index (χ1n) is 20.0. The SMILES string of the molecule is COC(=O)N[C@H](C(=O)N1CCCC1c1ncc(-c2csc3c(-c4ccc(-c5ccc6nc(C7CCCN7C(=O)[C@H](NC(=O)O)C(C)C)[nH]c6c5)cc4)csc23)[nH]1)C(C)C. The van der Waals surface area contributed by atoms with Crippen molar-refractivity contribution >= 4 is 67.1 Å². The van der Waals surface area contributed by atoms with Crippen molar-refractivity contribution in [2.45, 2.75) is 77.5 Å². The predicted octanol–water partition coefficient (Wildman–Crippen LogP) is 8.56. The molecule has 0 aliphatic carbocycles. The Hall–Kier alpha value is -5.74. The van der Waals surface area contributed by atoms with Crippen molar-refractivity contribution in [1.29, 1.82) is 0 Å². The van der Waals surface area contributed by atoms with E-state index in [1.165, 1.54) is 22.1 Å². The van der Waals surface area contributed by atoms with Gasteiger partial charge in [0.2, 0.25) is 11.8 Å². The summed E-state index contributed by atoms with van der Waals surface area (Å²) in [5.74, 6) is 0.792. The summed E-state index contributed by atoms with van der Waals surface area (Å²) in [7, 11) is 1.29. The Morgan fingerprint density at radius 3 is 1.98 bits per heavy atom. The molecule has 4 atom stereocenters. The molecule has 8 rings (SSSR count). The van der Waals surface area contributed by atoms with Gasteiger partial charge in [-0.1, -0.05) is 58.0 Å². The van der Waals surface area contributed by atoms with Crippen LogP contribution >= 0.6 is 22.7 Å². The number of imidazole rings is 2. The van der Waals surface area contributed by atoms with E-state index in [1.54, 1.807) is 27.6 Å². The third-order valence-electron chi connectivity index (χ3n) is 11.5. The van der Waals surface area contributed by atoms with Crippen LogP contribution in [0.1, 0.15) is 77.1 Å². The molecule has 2 aliphatic rings. The number of benzene rings is 2. The number of alkyl carbamates (subject to hydrolysis) is 1. The fraction of sp³-hybridized carbons (Fsp3) is 0.395. The minimum absolute atomic E-state index is 0.107. The van der Waals surface area contributed by atoms with Crippen LogP contribution in [-0.2, 0) is 14.3 Å². The molecule has 6 heterocycles. The maximum absolute atomic E-state index is 13.6. The number of aromatic nitrogens is 4. The monoisotopic (exact) mass is 836 g/mol. The molecular weight excluding hydrogens is 789 g/mol. The molecule has 0 bridgehead atoms. The highest BCUT2D eigenvalue weighted by Gasteiger charge is 2.39. The number of fused-ring (bicyclic) bond motifs is 2. The number of carbonyl (C=O) groups is 4. The van der Waals surface area contributed by atoms with Crippen molar-refractivity contribution in [1.82, 2.24) is 40.4 Å². The number of thiophene rings is 2. The third kappa shape index (κ3) is 7.78. The van der Waals surface area contributed by atoms with Gasteiger partial charge in [-0.3, -0.25) is 9.59 Å². The van der Waals surface area contributed by atoms with Gasteiger partial charge in [0.05, 0.1) is 51.5 Å². The summed E-state index contributed by atoms with van der Waals surface area (Å²) in [5, 5.41) is 18.8. The Morgan fingerprint density at radius 1 is 0.780 bits per heavy atom. The number of nitrogens with one attached hydrogen (secondary N) is 4. The smallest absolute Gasteiger partial charge is 0.407 e. The zero-order chi connectivity index (χ0) is 41.5. The highest BCUT2D eigenvalue weighted by molar-refractivity contribution is 7.27. The molecular formula is C43H48N8O6S2. The number of hydrogen-bond acceptors (Lipinski definition) is 9. The summed E-state index contributed by atoms with van der Waals surface area (Å²) in [6.07, 6.45) is 3.22. The van der Waals surface area contributed by atoms with Crippen molar-refractivity contribution in [3.63, 3.8) is 0 Å². The number of rotatable bonds is 11. The average molecular weight is 837 g/mol. The molecule has 5 N–H and O–H groups in total. The molecule has 2 fully saturated rings. The molecule has 4 aromatic heterocycles. The summed E-state index contributed by atoms with van der Waals surface area (Å²) in [6.45, 7) is 8.64. The van der Waals surface area contributed by atoms with Gasteiger partial charge in [0.15, 0.2) is 0 Å². The number of H-pyrrole nitrogens is 2. The first-order chi connectivity index (χ1) is 28.4. The molecule has 59 heavy (non-hydrogen) atoms. The summed E-state index contributed by atoms with van der Waals surface area (Å²) in [6, 6.07) is 12.7. The minimum atomic E-state index is -1.21. The van der Waals surface area contributed by atoms with Gasteiger partial charge in [0, 0.05) is 35.0 Å². The van der Waals surface area contributed by atoms with E-state index < -0.39 is 24.3 Å². The summed E-state index contributed by atoms with van der Waals surface area (Å²) in [4.78, 5) is 70.7. The van der Waals surface area contributed by atoms with Gasteiger partial charge >= 0.3 is 12.2 Å². The zero-order valence-corrected chi connectivity index (χ0v) is 35.2. The van der Waals surface area contributed by atoms with Gasteiger partial charge in [-0.05, 0) is 66.3 Å². The first kappa shape index (κ1) is 40.1. The molecule has 0 saturated carbocycles. The molecule has 2 unspecified atom stereocenters. The Morgan fingerprint density at radius 2 is 1.36 bits per heavy atom. The number of hydrogen-bond donors (Lipinski definition) is 5. The standard InChI is InChI=1S/C43H48N8O6S2/c1-22(2)34(48-42(54)55)40(52)51-17-7-9-33(51)39-45-29-15-14-26(18-30(29)46-39)24-10-12-25(13-11-24)27-20-58-37-28(21-59-36(27)37)31-19-44-38(47-31)32-8-6-16-50(32)41(53)35(23(3)4)49-43(56)57-5/h10-15,18-23,32-35,48H,6-9,16-17H2,1-5H3,(H,44,47)(H,45,46)(H,49,56)(H,54,55)/t32?,33?,34-,35+/m1/s1. The lowest BCUT2D eigenvalue weighted by atomic mass is 10.0. The maximum atomic E-state index is 13.6. The lowest BCUT2D eigenvalue weighted by Crippen LogP contribution is -2.51. The number of methoxy groups -OCH3 is 1. The van der Waals surface area contributed by atoms with Crippen LogP contribution in [0, 0.1) is 11.8 Å². The summed E-state index contributed by atoms with van der Waals surface area (Å²) in [5.41, 5.74) is 8.05. The number of carbonyl (C=O) groups excluding carboxylic acids is 3. The van der Waals surface area contributed by atoms with Crippen molar-refractivity contribution in [2.75, 3.05) is 20.2 Å². The average Bonchev–Trinajstić information content (AvgIpc) is 4.07. The van der Waals surface area contributed by atoms with Crippen LogP contribution in [0.3, 0.4) is 0 Å². The Bertz CT molecular complexity index is 2520. The van der Waals surface area contributed by atoms with Crippen LogP contribution in [0.2, 0.25) is 0 Å². The number of aromatic amines is 2. The van der Waals surface area contributed by atoms with E-state index in [1.807, 2.05) is 44.9 Å². The van der Waals surface area contributed by atoms with Crippen molar-refractivity contribution < 1.29 is 29.0 Å². The van der Waals surface area contributed by atoms with Crippen LogP contribution in [0.25, 0.3) is 53.9 Å². The van der Waals surface area contributed by atoms with Crippen LogP contribution < -0.4 is 10.6 Å². The molecule has 2 aromatic carbocycles. The molecule has 6 aromatic rings. The van der Waals surface area contributed by atoms with E-state index in [4.69, 9.17) is 14.7 Å². The van der Waals surface area contributed by atoms with Crippen molar-refractivity contribution in [2.24, 2.45) is 11.8 Å². The second-order valence-corrected chi connectivity index (χ2v) is 17.7. The molecule has 0 radical (unpaired) electrons. The molecule has 16 heteroatoms. The summed E-state index contributed by atoms with van der Waals surface area (Å²) >= 11 is 3.40. The van der Waals surface area contributed by atoms with E-state index in [2.05, 4.69) is 67.8 Å². The number of likely N-dealkylation sites (tertiary alicyclic amines) is 2. The van der Waals surface area contributed by atoms with Gasteiger partial charge in [-0.2, -0.15) is 0 Å². The Balaban J connectivity index is 0.978. The molecule has 14 nitrogen and oxygen atoms in total. The lowest BCUT2D eigenvalue weighted by Gasteiger charge is -2.30. The molecule has 2 aliphatic heterocycles. The zero-order valence-electron chi connectivity index (χ0n) is 33.6. The van der Waals surface area contributed by atoms with Gasteiger partial charge in [-0.25, -0.2) is 19.6 Å². The summed E-state index contributed by atoms with van der Waals surface area (Å²) < 4.78 is 7.15. The van der Waals surface area contributed by atoms with Gasteiger partial charge in [0.25, 0.3) is 0 Å². The van der Waals surface area contributed by atoms with Gasteiger partial charge in [0.1, 0.15) is 23.7 Å². The Labute approximate surface area is 349 Å². The van der Waals surface area contributed by atoms with E-state index >= 15 is 0 Å². The van der Waals surface area contributed by atoms with Crippen LogP contribution in [0.4, 0.5) is 9.59 Å². The minimum Gasteiger partial charge on any atom is -0.465 e. The van der Waals surface area contributed by atoms with E-state index in [0.717, 1.165) is 70.5 Å². The fourth-order valence-electron chi connectivity index (χ4n) is 8.39. The highest BCUT2D eigenvalue weighted by atomic mass is 32.1. The second kappa shape index (κ2) is 16.5. The highest BCUT2D eigenvalue weighted by Crippen LogP contribution is 2.44. The van der Waals surface area contributed by atoms with Crippen molar-refractivity contribution in [3.05, 3.63) is 71.1 Å². The Kier molecular flexibility index (Phi) is 11.2. The quantitative estimate of drug-likeness (QED) is 0.0859. The van der Waals surface area contributed by atoms with E-state index in [-0.39, 0.29) is 35.7 Å². The number of ether oxygens (including phenoxy) is 1. The number of amides is 4. The molecule has 0 spiro atoms. The number of carboxylic acid groups (broad SMARTS) is 1.